The lowest BCUT2D eigenvalue weighted by atomic mass is 10.0. The van der Waals surface area contributed by atoms with E-state index in [1.54, 1.807) is 6.92 Å². The molecule has 0 aromatic carbocycles. The molecule has 0 fully saturated rings. The first-order valence-electron chi connectivity index (χ1n) is 5.21. The van der Waals surface area contributed by atoms with Gasteiger partial charge in [-0.1, -0.05) is 6.92 Å². The SMILES string of the molecule is CC(CCN)CCC(=O)NC[C@H](C)O. The summed E-state index contributed by atoms with van der Waals surface area (Å²) in [5.74, 6) is 0.507. The van der Waals surface area contributed by atoms with Gasteiger partial charge in [0.1, 0.15) is 0 Å². The van der Waals surface area contributed by atoms with E-state index in [0.717, 1.165) is 12.8 Å². The van der Waals surface area contributed by atoms with Crippen molar-refractivity contribution < 1.29 is 9.90 Å². The lowest BCUT2D eigenvalue weighted by molar-refractivity contribution is -0.121. The van der Waals surface area contributed by atoms with Crippen molar-refractivity contribution >= 4 is 5.91 Å². The maximum atomic E-state index is 11.2. The summed E-state index contributed by atoms with van der Waals surface area (Å²) in [4.78, 5) is 11.2. The van der Waals surface area contributed by atoms with Crippen LogP contribution in [0.3, 0.4) is 0 Å². The van der Waals surface area contributed by atoms with E-state index in [0.29, 0.717) is 25.4 Å². The van der Waals surface area contributed by atoms with Crippen LogP contribution in [-0.4, -0.2) is 30.2 Å². The van der Waals surface area contributed by atoms with Crippen LogP contribution in [0.4, 0.5) is 0 Å². The lowest BCUT2D eigenvalue weighted by Crippen LogP contribution is -2.30. The number of carbonyl (C=O) groups is 1. The van der Waals surface area contributed by atoms with Gasteiger partial charge in [0.15, 0.2) is 0 Å². The molecule has 0 aromatic rings. The van der Waals surface area contributed by atoms with Gasteiger partial charge in [-0.05, 0) is 32.2 Å². The summed E-state index contributed by atoms with van der Waals surface area (Å²) >= 11 is 0. The molecule has 0 aliphatic heterocycles. The van der Waals surface area contributed by atoms with Gasteiger partial charge in [0, 0.05) is 13.0 Å². The molecule has 0 spiro atoms. The first-order chi connectivity index (χ1) is 6.56. The Hall–Kier alpha value is -0.610. The fourth-order valence-electron chi connectivity index (χ4n) is 1.16. The first-order valence-corrected chi connectivity index (χ1v) is 5.21. The van der Waals surface area contributed by atoms with Crippen LogP contribution in [0.25, 0.3) is 0 Å². The maximum absolute atomic E-state index is 11.2. The summed E-state index contributed by atoms with van der Waals surface area (Å²) in [6.45, 7) is 4.76. The van der Waals surface area contributed by atoms with Gasteiger partial charge in [-0.2, -0.15) is 0 Å². The van der Waals surface area contributed by atoms with Gasteiger partial charge in [-0.15, -0.1) is 0 Å². The molecule has 0 aromatic heterocycles. The van der Waals surface area contributed by atoms with Crippen LogP contribution in [0.15, 0.2) is 0 Å². The second-order valence-electron chi connectivity index (χ2n) is 3.87. The van der Waals surface area contributed by atoms with Crippen molar-refractivity contribution in [2.45, 2.75) is 39.2 Å². The second kappa shape index (κ2) is 7.76. The van der Waals surface area contributed by atoms with E-state index in [1.807, 2.05) is 0 Å². The minimum absolute atomic E-state index is 0.00905. The Bertz CT molecular complexity index is 160. The van der Waals surface area contributed by atoms with Gasteiger partial charge in [0.2, 0.25) is 5.91 Å². The van der Waals surface area contributed by atoms with E-state index >= 15 is 0 Å². The molecule has 1 unspecified atom stereocenters. The van der Waals surface area contributed by atoms with E-state index < -0.39 is 6.10 Å². The zero-order valence-corrected chi connectivity index (χ0v) is 9.12. The van der Waals surface area contributed by atoms with Gasteiger partial charge in [-0.25, -0.2) is 0 Å². The quantitative estimate of drug-likeness (QED) is 0.554. The molecule has 4 nitrogen and oxygen atoms in total. The largest absolute Gasteiger partial charge is 0.392 e. The Balaban J connectivity index is 3.43. The van der Waals surface area contributed by atoms with Gasteiger partial charge in [0.25, 0.3) is 0 Å². The Labute approximate surface area is 85.9 Å². The molecule has 0 rings (SSSR count). The molecule has 0 bridgehead atoms. The molecule has 0 aliphatic rings. The van der Waals surface area contributed by atoms with Crippen molar-refractivity contribution in [3.05, 3.63) is 0 Å². The fraction of sp³-hybridized carbons (Fsp3) is 0.900. The Morgan fingerprint density at radius 2 is 2.07 bits per heavy atom. The minimum Gasteiger partial charge on any atom is -0.392 e. The number of carbonyl (C=O) groups excluding carboxylic acids is 1. The van der Waals surface area contributed by atoms with Crippen molar-refractivity contribution in [1.82, 2.24) is 5.32 Å². The topological polar surface area (TPSA) is 75.4 Å². The van der Waals surface area contributed by atoms with E-state index in [9.17, 15) is 4.79 Å². The van der Waals surface area contributed by atoms with Gasteiger partial charge in [0.05, 0.1) is 6.10 Å². The van der Waals surface area contributed by atoms with E-state index in [-0.39, 0.29) is 5.91 Å². The third-order valence-electron chi connectivity index (χ3n) is 2.12. The van der Waals surface area contributed by atoms with Crippen molar-refractivity contribution in [2.75, 3.05) is 13.1 Å². The van der Waals surface area contributed by atoms with Crippen LogP contribution in [0.5, 0.6) is 0 Å². The molecule has 14 heavy (non-hydrogen) atoms. The predicted octanol–water partition coefficient (Wildman–Crippen LogP) is 0.249. The Morgan fingerprint density at radius 1 is 1.43 bits per heavy atom. The number of amides is 1. The highest BCUT2D eigenvalue weighted by Gasteiger charge is 2.06. The van der Waals surface area contributed by atoms with Crippen LogP contribution < -0.4 is 11.1 Å². The lowest BCUT2D eigenvalue weighted by Gasteiger charge is -2.10. The van der Waals surface area contributed by atoms with Crippen LogP contribution in [-0.2, 0) is 4.79 Å². The Morgan fingerprint density at radius 3 is 2.57 bits per heavy atom. The van der Waals surface area contributed by atoms with E-state index in [2.05, 4.69) is 12.2 Å². The smallest absolute Gasteiger partial charge is 0.220 e. The van der Waals surface area contributed by atoms with Crippen LogP contribution in [0.1, 0.15) is 33.1 Å². The number of aliphatic hydroxyl groups is 1. The zero-order valence-electron chi connectivity index (χ0n) is 9.12. The molecule has 84 valence electrons. The van der Waals surface area contributed by atoms with Crippen molar-refractivity contribution in [1.29, 1.82) is 0 Å². The van der Waals surface area contributed by atoms with Gasteiger partial charge < -0.3 is 16.2 Å². The summed E-state index contributed by atoms with van der Waals surface area (Å²) in [5.41, 5.74) is 5.40. The number of nitrogens with one attached hydrogen (secondary N) is 1. The average Bonchev–Trinajstić information content (AvgIpc) is 2.12. The monoisotopic (exact) mass is 202 g/mol. The summed E-state index contributed by atoms with van der Waals surface area (Å²) in [5, 5.41) is 11.6. The highest BCUT2D eigenvalue weighted by molar-refractivity contribution is 5.75. The molecular weight excluding hydrogens is 180 g/mol. The number of aliphatic hydroxyl groups excluding tert-OH is 1. The van der Waals surface area contributed by atoms with Gasteiger partial charge >= 0.3 is 0 Å². The normalized spacial score (nSPS) is 14.9. The molecule has 0 aliphatic carbocycles. The highest BCUT2D eigenvalue weighted by Crippen LogP contribution is 2.08. The van der Waals surface area contributed by atoms with E-state index in [4.69, 9.17) is 10.8 Å². The predicted molar refractivity (Wildman–Crippen MR) is 56.8 cm³/mol. The summed E-state index contributed by atoms with van der Waals surface area (Å²) < 4.78 is 0. The Kier molecular flexibility index (Phi) is 7.42. The number of rotatable bonds is 7. The van der Waals surface area contributed by atoms with Gasteiger partial charge in [-0.3, -0.25) is 4.79 Å². The van der Waals surface area contributed by atoms with Crippen LogP contribution in [0.2, 0.25) is 0 Å². The average molecular weight is 202 g/mol. The third kappa shape index (κ3) is 8.01. The molecule has 4 N–H and O–H groups in total. The number of hydrogen-bond acceptors (Lipinski definition) is 3. The maximum Gasteiger partial charge on any atom is 0.220 e. The zero-order chi connectivity index (χ0) is 11.0. The number of hydrogen-bond donors (Lipinski definition) is 3. The standard InChI is InChI=1S/C10H22N2O2/c1-8(5-6-11)3-4-10(14)12-7-9(2)13/h8-9,13H,3-7,11H2,1-2H3,(H,12,14)/t8?,9-/m0/s1. The highest BCUT2D eigenvalue weighted by atomic mass is 16.3. The van der Waals surface area contributed by atoms with Crippen LogP contribution >= 0.6 is 0 Å². The van der Waals surface area contributed by atoms with Crippen LogP contribution in [0, 0.1) is 5.92 Å². The molecule has 4 heteroatoms. The molecule has 0 radical (unpaired) electrons. The third-order valence-corrected chi connectivity index (χ3v) is 2.12. The minimum atomic E-state index is -0.472. The van der Waals surface area contributed by atoms with E-state index in [1.165, 1.54) is 0 Å². The molecular formula is C10H22N2O2. The second-order valence-corrected chi connectivity index (χ2v) is 3.87. The van der Waals surface area contributed by atoms with Crippen molar-refractivity contribution in [3.8, 4) is 0 Å². The summed E-state index contributed by atoms with van der Waals surface area (Å²) in [6.07, 6.45) is 1.88. The summed E-state index contributed by atoms with van der Waals surface area (Å²) in [7, 11) is 0. The van der Waals surface area contributed by atoms with Crippen molar-refractivity contribution in [2.24, 2.45) is 11.7 Å². The molecule has 0 heterocycles. The first kappa shape index (κ1) is 13.4. The molecule has 0 saturated carbocycles. The number of nitrogens with two attached hydrogens (primary N) is 1. The molecule has 2 atom stereocenters. The molecule has 0 saturated heterocycles. The summed E-state index contributed by atoms with van der Waals surface area (Å²) in [6, 6.07) is 0. The molecule has 1 amide bonds. The van der Waals surface area contributed by atoms with Crippen molar-refractivity contribution in [3.63, 3.8) is 0 Å². The fourth-order valence-corrected chi connectivity index (χ4v) is 1.16.